The highest BCUT2D eigenvalue weighted by molar-refractivity contribution is 5.56. The molecular formula is C10H18O9. The van der Waals surface area contributed by atoms with Crippen LogP contribution in [0.25, 0.3) is 0 Å². The third-order valence-corrected chi connectivity index (χ3v) is 2.81. The molecule has 0 aliphatic carbocycles. The van der Waals surface area contributed by atoms with Gasteiger partial charge in [-0.1, -0.05) is 0 Å². The van der Waals surface area contributed by atoms with E-state index in [0.717, 1.165) is 0 Å². The monoisotopic (exact) mass is 282 g/mol. The van der Waals surface area contributed by atoms with Crippen LogP contribution in [0.1, 0.15) is 0 Å². The topological polar surface area (TPSA) is 157 Å². The highest BCUT2D eigenvalue weighted by atomic mass is 16.7. The van der Waals surface area contributed by atoms with Gasteiger partial charge in [-0.2, -0.15) is 0 Å². The number of aliphatic hydroxyl groups is 6. The third-order valence-electron chi connectivity index (χ3n) is 2.81. The van der Waals surface area contributed by atoms with Crippen molar-refractivity contribution < 1.29 is 44.9 Å². The molecule has 19 heavy (non-hydrogen) atoms. The molecule has 1 aliphatic rings. The van der Waals surface area contributed by atoms with Crippen molar-refractivity contribution in [3.8, 4) is 0 Å². The molecule has 1 heterocycles. The van der Waals surface area contributed by atoms with Gasteiger partial charge in [0, 0.05) is 0 Å². The summed E-state index contributed by atoms with van der Waals surface area (Å²) in [5, 5.41) is 55.4. The molecule has 0 amide bonds. The minimum Gasteiger partial charge on any atom is -0.394 e. The Labute approximate surface area is 108 Å². The second-order valence-electron chi connectivity index (χ2n) is 4.22. The molecule has 0 bridgehead atoms. The first-order valence-corrected chi connectivity index (χ1v) is 5.66. The molecule has 7 atom stereocenters. The number of rotatable bonds is 7. The molecule has 0 aromatic heterocycles. The van der Waals surface area contributed by atoms with Crippen molar-refractivity contribution in [1.29, 1.82) is 0 Å². The molecule has 9 nitrogen and oxygen atoms in total. The van der Waals surface area contributed by atoms with Crippen LogP contribution in [0.15, 0.2) is 0 Å². The van der Waals surface area contributed by atoms with E-state index in [1.807, 2.05) is 0 Å². The number of hydrogen-bond donors (Lipinski definition) is 6. The zero-order chi connectivity index (χ0) is 14.6. The van der Waals surface area contributed by atoms with Crippen molar-refractivity contribution in [2.24, 2.45) is 0 Å². The predicted octanol–water partition coefficient (Wildman–Crippen LogP) is -4.28. The first-order valence-electron chi connectivity index (χ1n) is 5.66. The van der Waals surface area contributed by atoms with Crippen LogP contribution in [0.5, 0.6) is 0 Å². The molecule has 0 aromatic rings. The van der Waals surface area contributed by atoms with Crippen molar-refractivity contribution in [2.45, 2.75) is 42.9 Å². The molecule has 0 unspecified atom stereocenters. The van der Waals surface area contributed by atoms with Crippen molar-refractivity contribution in [3.63, 3.8) is 0 Å². The van der Waals surface area contributed by atoms with Crippen LogP contribution in [0, 0.1) is 0 Å². The SMILES string of the molecule is O=C[C@H](O)[C@@H](O)[C@@H](O)CO[C@@H]1O[C@@H](CO)[C@H](O)[C@H]1O. The number of aldehydes is 1. The van der Waals surface area contributed by atoms with Gasteiger partial charge < -0.3 is 44.9 Å². The molecule has 0 radical (unpaired) electrons. The van der Waals surface area contributed by atoms with E-state index >= 15 is 0 Å². The summed E-state index contributed by atoms with van der Waals surface area (Å²) in [5.41, 5.74) is 0. The summed E-state index contributed by atoms with van der Waals surface area (Å²) < 4.78 is 9.87. The lowest BCUT2D eigenvalue weighted by Crippen LogP contribution is -2.42. The fourth-order valence-corrected chi connectivity index (χ4v) is 1.60. The Morgan fingerprint density at radius 3 is 2.32 bits per heavy atom. The van der Waals surface area contributed by atoms with Gasteiger partial charge >= 0.3 is 0 Å². The van der Waals surface area contributed by atoms with E-state index in [4.69, 9.17) is 19.7 Å². The van der Waals surface area contributed by atoms with Gasteiger partial charge in [0.2, 0.25) is 0 Å². The number of aliphatic hydroxyl groups excluding tert-OH is 6. The molecule has 0 saturated carbocycles. The maximum Gasteiger partial charge on any atom is 0.186 e. The third kappa shape index (κ3) is 3.91. The molecule has 6 N–H and O–H groups in total. The normalized spacial score (nSPS) is 35.9. The molecule has 112 valence electrons. The second kappa shape index (κ2) is 7.22. The van der Waals surface area contributed by atoms with Crippen LogP contribution < -0.4 is 0 Å². The van der Waals surface area contributed by atoms with E-state index in [0.29, 0.717) is 0 Å². The number of carbonyl (C=O) groups is 1. The molecular weight excluding hydrogens is 264 g/mol. The summed E-state index contributed by atoms with van der Waals surface area (Å²) in [4.78, 5) is 10.2. The second-order valence-corrected chi connectivity index (χ2v) is 4.22. The quantitative estimate of drug-likeness (QED) is 0.254. The van der Waals surface area contributed by atoms with Gasteiger partial charge in [0.05, 0.1) is 13.2 Å². The van der Waals surface area contributed by atoms with Crippen molar-refractivity contribution in [3.05, 3.63) is 0 Å². The van der Waals surface area contributed by atoms with E-state index in [2.05, 4.69) is 0 Å². The largest absolute Gasteiger partial charge is 0.394 e. The molecule has 0 aromatic carbocycles. The van der Waals surface area contributed by atoms with E-state index < -0.39 is 56.1 Å². The Hall–Kier alpha value is -0.650. The molecule has 1 fully saturated rings. The minimum absolute atomic E-state index is 0.0559. The Morgan fingerprint density at radius 2 is 1.84 bits per heavy atom. The van der Waals surface area contributed by atoms with Gasteiger partial charge in [0.1, 0.15) is 36.6 Å². The minimum atomic E-state index is -1.76. The maximum absolute atomic E-state index is 10.2. The Morgan fingerprint density at radius 1 is 1.21 bits per heavy atom. The molecule has 1 aliphatic heterocycles. The highest BCUT2D eigenvalue weighted by Gasteiger charge is 2.43. The first-order chi connectivity index (χ1) is 8.92. The number of hydrogen-bond acceptors (Lipinski definition) is 9. The number of carbonyl (C=O) groups excluding carboxylic acids is 1. The van der Waals surface area contributed by atoms with E-state index in [1.54, 1.807) is 0 Å². The van der Waals surface area contributed by atoms with Gasteiger partial charge in [0.25, 0.3) is 0 Å². The van der Waals surface area contributed by atoms with Crippen molar-refractivity contribution in [1.82, 2.24) is 0 Å². The lowest BCUT2D eigenvalue weighted by atomic mass is 10.1. The van der Waals surface area contributed by atoms with Crippen molar-refractivity contribution >= 4 is 6.29 Å². The van der Waals surface area contributed by atoms with Crippen molar-refractivity contribution in [2.75, 3.05) is 13.2 Å². The average molecular weight is 282 g/mol. The lowest BCUT2D eigenvalue weighted by molar-refractivity contribution is -0.192. The summed E-state index contributed by atoms with van der Waals surface area (Å²) in [7, 11) is 0. The first kappa shape index (κ1) is 16.4. The Balaban J connectivity index is 2.42. The summed E-state index contributed by atoms with van der Waals surface area (Å²) in [6.07, 6.45) is -10.1. The maximum atomic E-state index is 10.2. The van der Waals surface area contributed by atoms with E-state index in [1.165, 1.54) is 0 Å². The van der Waals surface area contributed by atoms with Crippen LogP contribution in [-0.4, -0.2) is 93.1 Å². The predicted molar refractivity (Wildman–Crippen MR) is 57.8 cm³/mol. The molecule has 0 spiro atoms. The Bertz CT molecular complexity index is 286. The van der Waals surface area contributed by atoms with Crippen LogP contribution in [0.2, 0.25) is 0 Å². The van der Waals surface area contributed by atoms with E-state index in [-0.39, 0.29) is 6.29 Å². The van der Waals surface area contributed by atoms with Gasteiger partial charge in [-0.15, -0.1) is 0 Å². The standard InChI is InChI=1S/C10H18O9/c11-1-4(13)7(15)5(14)3-18-10-9(17)8(16)6(2-12)19-10/h1,4-10,12-17H,2-3H2/t4-,5-,6-,7+,8-,9+,10+/m0/s1. The smallest absolute Gasteiger partial charge is 0.186 e. The summed E-state index contributed by atoms with van der Waals surface area (Å²) >= 11 is 0. The fourth-order valence-electron chi connectivity index (χ4n) is 1.60. The molecule has 9 heteroatoms. The lowest BCUT2D eigenvalue weighted by Gasteiger charge is -2.22. The summed E-state index contributed by atoms with van der Waals surface area (Å²) in [6.45, 7) is -1.06. The zero-order valence-corrected chi connectivity index (χ0v) is 9.94. The molecule has 1 saturated heterocycles. The van der Waals surface area contributed by atoms with Crippen LogP contribution in [0.4, 0.5) is 0 Å². The molecule has 1 rings (SSSR count). The fraction of sp³-hybridized carbons (Fsp3) is 0.900. The van der Waals surface area contributed by atoms with Gasteiger partial charge in [-0.25, -0.2) is 0 Å². The van der Waals surface area contributed by atoms with Crippen LogP contribution in [0.3, 0.4) is 0 Å². The van der Waals surface area contributed by atoms with Crippen LogP contribution >= 0.6 is 0 Å². The average Bonchev–Trinajstić information content (AvgIpc) is 2.70. The van der Waals surface area contributed by atoms with Gasteiger partial charge in [-0.05, 0) is 0 Å². The van der Waals surface area contributed by atoms with E-state index in [9.17, 15) is 25.2 Å². The summed E-state index contributed by atoms with van der Waals surface area (Å²) in [5.74, 6) is 0. The number of ether oxygens (including phenoxy) is 2. The van der Waals surface area contributed by atoms with Crippen LogP contribution in [-0.2, 0) is 14.3 Å². The summed E-state index contributed by atoms with van der Waals surface area (Å²) in [6, 6.07) is 0. The van der Waals surface area contributed by atoms with Gasteiger partial charge in [0.15, 0.2) is 12.6 Å². The zero-order valence-electron chi connectivity index (χ0n) is 9.94. The highest BCUT2D eigenvalue weighted by Crippen LogP contribution is 2.22. The Kier molecular flexibility index (Phi) is 6.23. The van der Waals surface area contributed by atoms with Gasteiger partial charge in [-0.3, -0.25) is 0 Å².